The minimum atomic E-state index is -0.473. The lowest BCUT2D eigenvalue weighted by Crippen LogP contribution is -2.14. The van der Waals surface area contributed by atoms with E-state index in [1.165, 1.54) is 24.0 Å². The topological polar surface area (TPSA) is 73.9 Å². The third-order valence-corrected chi connectivity index (χ3v) is 5.88. The number of ether oxygens (including phenoxy) is 3. The fraction of sp³-hybridized carbons (Fsp3) is 0.280. The van der Waals surface area contributed by atoms with Crippen molar-refractivity contribution in [2.45, 2.75) is 26.2 Å². The molecule has 1 aromatic heterocycles. The molecule has 6 nitrogen and oxygen atoms in total. The molecule has 1 heterocycles. The summed E-state index contributed by atoms with van der Waals surface area (Å²) in [7, 11) is 2.95. The van der Waals surface area contributed by atoms with Gasteiger partial charge in [-0.15, -0.1) is 11.3 Å². The number of amides is 1. The molecule has 32 heavy (non-hydrogen) atoms. The van der Waals surface area contributed by atoms with Gasteiger partial charge >= 0.3 is 5.97 Å². The Morgan fingerprint density at radius 2 is 1.66 bits per heavy atom. The quantitative estimate of drug-likeness (QED) is 0.321. The maximum absolute atomic E-state index is 12.5. The molecule has 0 aliphatic heterocycles. The van der Waals surface area contributed by atoms with E-state index in [1.807, 2.05) is 53.9 Å². The molecule has 0 spiro atoms. The van der Waals surface area contributed by atoms with Gasteiger partial charge in [0.25, 0.3) is 0 Å². The smallest absolute Gasteiger partial charge is 0.341 e. The van der Waals surface area contributed by atoms with Gasteiger partial charge in [-0.1, -0.05) is 31.2 Å². The number of benzene rings is 2. The van der Waals surface area contributed by atoms with Crippen LogP contribution in [0.15, 0.2) is 53.9 Å². The zero-order valence-corrected chi connectivity index (χ0v) is 19.3. The molecule has 0 aliphatic rings. The normalized spacial score (nSPS) is 10.5. The Bertz CT molecular complexity index is 1040. The maximum Gasteiger partial charge on any atom is 0.341 e. The predicted molar refractivity (Wildman–Crippen MR) is 127 cm³/mol. The maximum atomic E-state index is 12.5. The first-order chi connectivity index (χ1) is 15.5. The summed E-state index contributed by atoms with van der Waals surface area (Å²) in [6, 6.07) is 15.3. The highest BCUT2D eigenvalue weighted by Gasteiger charge is 2.22. The van der Waals surface area contributed by atoms with Gasteiger partial charge < -0.3 is 19.5 Å². The molecule has 168 valence electrons. The monoisotopic (exact) mass is 453 g/mol. The van der Waals surface area contributed by atoms with Crippen molar-refractivity contribution in [1.29, 1.82) is 0 Å². The van der Waals surface area contributed by atoms with Crippen LogP contribution < -0.4 is 14.8 Å². The van der Waals surface area contributed by atoms with Gasteiger partial charge in [0.05, 0.1) is 20.8 Å². The van der Waals surface area contributed by atoms with Crippen LogP contribution in [0.25, 0.3) is 11.1 Å². The average molecular weight is 454 g/mol. The van der Waals surface area contributed by atoms with E-state index in [0.717, 1.165) is 29.0 Å². The van der Waals surface area contributed by atoms with Crippen molar-refractivity contribution < 1.29 is 23.8 Å². The van der Waals surface area contributed by atoms with Crippen molar-refractivity contribution in [2.24, 2.45) is 0 Å². The van der Waals surface area contributed by atoms with Crippen LogP contribution in [-0.4, -0.2) is 32.7 Å². The number of methoxy groups -OCH3 is 2. The molecule has 0 saturated carbocycles. The van der Waals surface area contributed by atoms with Crippen LogP contribution >= 0.6 is 11.3 Å². The van der Waals surface area contributed by atoms with E-state index in [-0.39, 0.29) is 12.3 Å². The highest BCUT2D eigenvalue weighted by atomic mass is 32.1. The Morgan fingerprint density at radius 1 is 0.969 bits per heavy atom. The van der Waals surface area contributed by atoms with Crippen molar-refractivity contribution >= 4 is 28.2 Å². The third-order valence-electron chi connectivity index (χ3n) is 4.98. The molecule has 0 aliphatic carbocycles. The molecule has 0 atom stereocenters. The molecule has 1 amide bonds. The largest absolute Gasteiger partial charge is 0.497 e. The summed E-state index contributed by atoms with van der Waals surface area (Å²) in [6.07, 6.45) is 1.76. The van der Waals surface area contributed by atoms with Gasteiger partial charge in [-0.2, -0.15) is 0 Å². The predicted octanol–water partition coefficient (Wildman–Crippen LogP) is 5.57. The van der Waals surface area contributed by atoms with Gasteiger partial charge in [0.2, 0.25) is 5.91 Å². The van der Waals surface area contributed by atoms with Crippen LogP contribution in [0.4, 0.5) is 5.00 Å². The van der Waals surface area contributed by atoms with Crippen LogP contribution in [-0.2, 0) is 16.0 Å². The average Bonchev–Trinajstić information content (AvgIpc) is 3.25. The van der Waals surface area contributed by atoms with E-state index in [0.29, 0.717) is 23.6 Å². The summed E-state index contributed by atoms with van der Waals surface area (Å²) in [6.45, 7) is 2.50. The van der Waals surface area contributed by atoms with Crippen LogP contribution in [0, 0.1) is 0 Å². The highest BCUT2D eigenvalue weighted by Crippen LogP contribution is 2.36. The lowest BCUT2D eigenvalue weighted by Gasteiger charge is -2.09. The zero-order chi connectivity index (χ0) is 22.9. The van der Waals surface area contributed by atoms with Crippen LogP contribution in [0.1, 0.15) is 35.7 Å². The number of carbonyl (C=O) groups excluding carboxylic acids is 2. The standard InChI is InChI=1S/C25H27NO5S/c1-4-17-7-9-18(10-8-17)21-16-32-24(23(21)25(28)30-3)26-22(27)6-5-15-31-20-13-11-19(29-2)12-14-20/h7-14,16H,4-6,15H2,1-3H3,(H,26,27). The second-order valence-electron chi connectivity index (χ2n) is 7.07. The molecule has 0 unspecified atom stereocenters. The summed E-state index contributed by atoms with van der Waals surface area (Å²) >= 11 is 1.32. The fourth-order valence-electron chi connectivity index (χ4n) is 3.17. The van der Waals surface area contributed by atoms with Gasteiger partial charge in [-0.3, -0.25) is 4.79 Å². The van der Waals surface area contributed by atoms with Gasteiger partial charge in [0, 0.05) is 17.4 Å². The van der Waals surface area contributed by atoms with E-state index in [2.05, 4.69) is 12.2 Å². The van der Waals surface area contributed by atoms with Crippen molar-refractivity contribution in [3.05, 3.63) is 65.0 Å². The summed E-state index contributed by atoms with van der Waals surface area (Å²) in [5, 5.41) is 5.22. The van der Waals surface area contributed by atoms with E-state index in [9.17, 15) is 9.59 Å². The summed E-state index contributed by atoms with van der Waals surface area (Å²) < 4.78 is 15.8. The van der Waals surface area contributed by atoms with Gasteiger partial charge in [-0.25, -0.2) is 4.79 Å². The molecule has 3 rings (SSSR count). The number of aryl methyl sites for hydroxylation is 1. The minimum absolute atomic E-state index is 0.178. The number of carbonyl (C=O) groups is 2. The number of esters is 1. The fourth-order valence-corrected chi connectivity index (χ4v) is 4.14. The summed E-state index contributed by atoms with van der Waals surface area (Å²) in [5.41, 5.74) is 3.26. The molecule has 0 fully saturated rings. The van der Waals surface area contributed by atoms with Gasteiger partial charge in [0.15, 0.2) is 0 Å². The minimum Gasteiger partial charge on any atom is -0.497 e. The van der Waals surface area contributed by atoms with Crippen LogP contribution in [0.2, 0.25) is 0 Å². The van der Waals surface area contributed by atoms with E-state index in [4.69, 9.17) is 14.2 Å². The van der Waals surface area contributed by atoms with Gasteiger partial charge in [0.1, 0.15) is 22.1 Å². The lowest BCUT2D eigenvalue weighted by molar-refractivity contribution is -0.116. The molecular formula is C25H27NO5S. The molecule has 2 aromatic carbocycles. The Kier molecular flexibility index (Phi) is 8.27. The molecule has 1 N–H and O–H groups in total. The number of nitrogens with one attached hydrogen (secondary N) is 1. The molecule has 7 heteroatoms. The van der Waals surface area contributed by atoms with Crippen molar-refractivity contribution in [3.63, 3.8) is 0 Å². The van der Waals surface area contributed by atoms with E-state index >= 15 is 0 Å². The number of rotatable bonds is 10. The number of hydrogen-bond acceptors (Lipinski definition) is 6. The summed E-state index contributed by atoms with van der Waals surface area (Å²) in [4.78, 5) is 24.9. The SMILES string of the molecule is CCc1ccc(-c2csc(NC(=O)CCCOc3ccc(OC)cc3)c2C(=O)OC)cc1. The van der Waals surface area contributed by atoms with E-state index in [1.54, 1.807) is 7.11 Å². The molecule has 0 bridgehead atoms. The number of hydrogen-bond donors (Lipinski definition) is 1. The molecule has 0 radical (unpaired) electrons. The number of thiophene rings is 1. The molecular weight excluding hydrogens is 426 g/mol. The Balaban J connectivity index is 1.60. The first kappa shape index (κ1) is 23.3. The highest BCUT2D eigenvalue weighted by molar-refractivity contribution is 7.15. The Hall–Kier alpha value is -3.32. The van der Waals surface area contributed by atoms with Crippen molar-refractivity contribution in [3.8, 4) is 22.6 Å². The van der Waals surface area contributed by atoms with Crippen LogP contribution in [0.3, 0.4) is 0 Å². The van der Waals surface area contributed by atoms with Crippen LogP contribution in [0.5, 0.6) is 11.5 Å². The van der Waals surface area contributed by atoms with Gasteiger partial charge in [-0.05, 0) is 48.2 Å². The first-order valence-corrected chi connectivity index (χ1v) is 11.3. The molecule has 0 saturated heterocycles. The lowest BCUT2D eigenvalue weighted by atomic mass is 10.0. The second-order valence-corrected chi connectivity index (χ2v) is 7.95. The Labute approximate surface area is 192 Å². The zero-order valence-electron chi connectivity index (χ0n) is 18.5. The van der Waals surface area contributed by atoms with Crippen molar-refractivity contribution in [1.82, 2.24) is 0 Å². The summed E-state index contributed by atoms with van der Waals surface area (Å²) in [5.74, 6) is 0.827. The van der Waals surface area contributed by atoms with E-state index < -0.39 is 5.97 Å². The molecule has 3 aromatic rings. The Morgan fingerprint density at radius 3 is 2.28 bits per heavy atom. The van der Waals surface area contributed by atoms with Crippen molar-refractivity contribution in [2.75, 3.05) is 26.1 Å². The third kappa shape index (κ3) is 5.88. The second kappa shape index (κ2) is 11.3. The first-order valence-electron chi connectivity index (χ1n) is 10.4. The number of anilines is 1.